The third-order valence-electron chi connectivity index (χ3n) is 4.80. The molecule has 1 amide bonds. The standard InChI is InChI=1S/C22H28ClN5O2/c1-2-25-22(26-15-17-6-5-7-18(14-17)30-16-21(24)29)28-12-10-27(11-13-28)20-9-4-3-8-19(20)23/h3-9,14H,2,10-13,15-16H2,1H3,(H2,24,29)(H,25,26). The van der Waals surface area contributed by atoms with Crippen LogP contribution in [0.25, 0.3) is 0 Å². The Balaban J connectivity index is 1.62. The van der Waals surface area contributed by atoms with E-state index in [-0.39, 0.29) is 6.61 Å². The first-order valence-electron chi connectivity index (χ1n) is 10.1. The Bertz CT molecular complexity index is 881. The maximum Gasteiger partial charge on any atom is 0.255 e. The van der Waals surface area contributed by atoms with Crippen molar-refractivity contribution in [3.63, 3.8) is 0 Å². The zero-order valence-corrected chi connectivity index (χ0v) is 17.9. The summed E-state index contributed by atoms with van der Waals surface area (Å²) in [6, 6.07) is 15.5. The van der Waals surface area contributed by atoms with Crippen LogP contribution >= 0.6 is 11.6 Å². The summed E-state index contributed by atoms with van der Waals surface area (Å²) in [4.78, 5) is 20.3. The molecule has 7 nitrogen and oxygen atoms in total. The molecule has 0 aliphatic carbocycles. The van der Waals surface area contributed by atoms with Gasteiger partial charge in [-0.3, -0.25) is 4.79 Å². The van der Waals surface area contributed by atoms with Gasteiger partial charge in [-0.15, -0.1) is 0 Å². The van der Waals surface area contributed by atoms with Crippen LogP contribution < -0.4 is 20.7 Å². The van der Waals surface area contributed by atoms with Crippen LogP contribution in [-0.2, 0) is 11.3 Å². The van der Waals surface area contributed by atoms with Gasteiger partial charge in [0, 0.05) is 32.7 Å². The second-order valence-electron chi connectivity index (χ2n) is 7.00. The number of aliphatic imine (C=N–C) groups is 1. The smallest absolute Gasteiger partial charge is 0.255 e. The Morgan fingerprint density at radius 1 is 1.17 bits per heavy atom. The molecular formula is C22H28ClN5O2. The highest BCUT2D eigenvalue weighted by Crippen LogP contribution is 2.26. The number of nitrogens with two attached hydrogens (primary N) is 1. The second kappa shape index (κ2) is 10.7. The predicted octanol–water partition coefficient (Wildman–Crippen LogP) is 2.49. The van der Waals surface area contributed by atoms with E-state index in [0.29, 0.717) is 12.3 Å². The first kappa shape index (κ1) is 21.8. The third-order valence-corrected chi connectivity index (χ3v) is 5.12. The Hall–Kier alpha value is -2.93. The van der Waals surface area contributed by atoms with Gasteiger partial charge >= 0.3 is 0 Å². The number of anilines is 1. The lowest BCUT2D eigenvalue weighted by atomic mass is 10.2. The first-order valence-corrected chi connectivity index (χ1v) is 10.5. The fourth-order valence-corrected chi connectivity index (χ4v) is 3.60. The average Bonchev–Trinajstić information content (AvgIpc) is 2.76. The molecule has 0 aromatic heterocycles. The van der Waals surface area contributed by atoms with Crippen LogP contribution in [-0.4, -0.2) is 56.1 Å². The quantitative estimate of drug-likeness (QED) is 0.522. The van der Waals surface area contributed by atoms with Crippen LogP contribution in [0.2, 0.25) is 5.02 Å². The van der Waals surface area contributed by atoms with Gasteiger partial charge in [0.2, 0.25) is 0 Å². The van der Waals surface area contributed by atoms with E-state index in [4.69, 9.17) is 27.1 Å². The summed E-state index contributed by atoms with van der Waals surface area (Å²) >= 11 is 6.35. The van der Waals surface area contributed by atoms with Gasteiger partial charge in [-0.25, -0.2) is 4.99 Å². The van der Waals surface area contributed by atoms with Crippen molar-refractivity contribution < 1.29 is 9.53 Å². The van der Waals surface area contributed by atoms with Crippen molar-refractivity contribution in [2.45, 2.75) is 13.5 Å². The van der Waals surface area contributed by atoms with E-state index in [0.717, 1.165) is 55.0 Å². The fourth-order valence-electron chi connectivity index (χ4n) is 3.35. The van der Waals surface area contributed by atoms with Crippen molar-refractivity contribution in [1.82, 2.24) is 10.2 Å². The molecule has 1 aliphatic heterocycles. The normalized spacial score (nSPS) is 14.5. The molecule has 1 aliphatic rings. The lowest BCUT2D eigenvalue weighted by Gasteiger charge is -2.38. The fraction of sp³-hybridized carbons (Fsp3) is 0.364. The topological polar surface area (TPSA) is 83.2 Å². The molecule has 0 atom stereocenters. The number of rotatable bonds is 7. The molecule has 1 saturated heterocycles. The molecular weight excluding hydrogens is 402 g/mol. The lowest BCUT2D eigenvalue weighted by Crippen LogP contribution is -2.52. The zero-order valence-electron chi connectivity index (χ0n) is 17.2. The van der Waals surface area contributed by atoms with E-state index in [1.54, 1.807) is 6.07 Å². The van der Waals surface area contributed by atoms with Crippen molar-refractivity contribution in [3.05, 3.63) is 59.1 Å². The molecule has 8 heteroatoms. The number of nitrogens with one attached hydrogen (secondary N) is 1. The summed E-state index contributed by atoms with van der Waals surface area (Å²) in [6.45, 7) is 6.72. The van der Waals surface area contributed by atoms with Crippen molar-refractivity contribution in [2.24, 2.45) is 10.7 Å². The van der Waals surface area contributed by atoms with Gasteiger partial charge in [0.15, 0.2) is 12.6 Å². The number of carbonyl (C=O) groups is 1. The van der Waals surface area contributed by atoms with Crippen LogP contribution in [0.4, 0.5) is 5.69 Å². The van der Waals surface area contributed by atoms with Gasteiger partial charge in [0.25, 0.3) is 5.91 Å². The minimum absolute atomic E-state index is 0.134. The van der Waals surface area contributed by atoms with E-state index >= 15 is 0 Å². The molecule has 0 saturated carbocycles. The number of amides is 1. The number of carbonyl (C=O) groups excluding carboxylic acids is 1. The zero-order chi connectivity index (χ0) is 21.3. The van der Waals surface area contributed by atoms with Crippen LogP contribution in [0, 0.1) is 0 Å². The molecule has 0 bridgehead atoms. The molecule has 30 heavy (non-hydrogen) atoms. The number of piperazine rings is 1. The predicted molar refractivity (Wildman–Crippen MR) is 121 cm³/mol. The van der Waals surface area contributed by atoms with Crippen LogP contribution in [0.1, 0.15) is 12.5 Å². The van der Waals surface area contributed by atoms with Crippen molar-refractivity contribution in [3.8, 4) is 5.75 Å². The number of para-hydroxylation sites is 1. The van der Waals surface area contributed by atoms with E-state index in [1.165, 1.54) is 0 Å². The molecule has 2 aromatic rings. The average molecular weight is 430 g/mol. The highest BCUT2D eigenvalue weighted by Gasteiger charge is 2.21. The maximum atomic E-state index is 10.9. The van der Waals surface area contributed by atoms with Gasteiger partial charge in [0.05, 0.1) is 17.3 Å². The second-order valence-corrected chi connectivity index (χ2v) is 7.41. The molecule has 0 radical (unpaired) electrons. The van der Waals surface area contributed by atoms with Crippen LogP contribution in [0.15, 0.2) is 53.5 Å². The molecule has 2 aromatic carbocycles. The number of nitrogens with zero attached hydrogens (tertiary/aromatic N) is 3. The van der Waals surface area contributed by atoms with E-state index < -0.39 is 5.91 Å². The Kier molecular flexibility index (Phi) is 7.79. The number of guanidine groups is 1. The first-order chi connectivity index (χ1) is 14.6. The molecule has 0 unspecified atom stereocenters. The Morgan fingerprint density at radius 3 is 2.63 bits per heavy atom. The SMILES string of the molecule is CCNC(=NCc1cccc(OCC(N)=O)c1)N1CCN(c2ccccc2Cl)CC1. The molecule has 1 fully saturated rings. The summed E-state index contributed by atoms with van der Waals surface area (Å²) in [5.41, 5.74) is 7.22. The van der Waals surface area contributed by atoms with Gasteiger partial charge in [-0.1, -0.05) is 35.9 Å². The minimum Gasteiger partial charge on any atom is -0.484 e. The van der Waals surface area contributed by atoms with E-state index in [1.807, 2.05) is 36.4 Å². The summed E-state index contributed by atoms with van der Waals surface area (Å²) in [7, 11) is 0. The molecule has 1 heterocycles. The number of halogens is 1. The molecule has 3 N–H and O–H groups in total. The van der Waals surface area contributed by atoms with E-state index in [2.05, 4.69) is 28.1 Å². The van der Waals surface area contributed by atoms with Gasteiger partial charge in [-0.2, -0.15) is 0 Å². The monoisotopic (exact) mass is 429 g/mol. The third kappa shape index (κ3) is 6.03. The van der Waals surface area contributed by atoms with Crippen molar-refractivity contribution in [2.75, 3.05) is 44.2 Å². The van der Waals surface area contributed by atoms with Gasteiger partial charge in [0.1, 0.15) is 5.75 Å². The molecule has 160 valence electrons. The van der Waals surface area contributed by atoms with Crippen molar-refractivity contribution >= 4 is 29.2 Å². The summed E-state index contributed by atoms with van der Waals surface area (Å²) in [6.07, 6.45) is 0. The van der Waals surface area contributed by atoms with Crippen molar-refractivity contribution in [1.29, 1.82) is 0 Å². The van der Waals surface area contributed by atoms with Crippen LogP contribution in [0.5, 0.6) is 5.75 Å². The lowest BCUT2D eigenvalue weighted by molar-refractivity contribution is -0.119. The number of ether oxygens (including phenoxy) is 1. The molecule has 0 spiro atoms. The number of benzene rings is 2. The van der Waals surface area contributed by atoms with E-state index in [9.17, 15) is 4.79 Å². The number of hydrogen-bond donors (Lipinski definition) is 2. The highest BCUT2D eigenvalue weighted by molar-refractivity contribution is 6.33. The summed E-state index contributed by atoms with van der Waals surface area (Å²) in [5.74, 6) is 1.00. The largest absolute Gasteiger partial charge is 0.484 e. The Labute approximate surface area is 182 Å². The number of primary amides is 1. The molecule has 3 rings (SSSR count). The van der Waals surface area contributed by atoms with Crippen LogP contribution in [0.3, 0.4) is 0 Å². The maximum absolute atomic E-state index is 10.9. The van der Waals surface area contributed by atoms with Gasteiger partial charge < -0.3 is 25.6 Å². The minimum atomic E-state index is -0.496. The Morgan fingerprint density at radius 2 is 1.93 bits per heavy atom. The summed E-state index contributed by atoms with van der Waals surface area (Å²) < 4.78 is 5.38. The highest BCUT2D eigenvalue weighted by atomic mass is 35.5. The van der Waals surface area contributed by atoms with Gasteiger partial charge in [-0.05, 0) is 36.8 Å². The summed E-state index contributed by atoms with van der Waals surface area (Å²) in [5, 5.41) is 4.16. The number of hydrogen-bond acceptors (Lipinski definition) is 4.